The molecule has 18 heavy (non-hydrogen) atoms. The van der Waals surface area contributed by atoms with Crippen molar-refractivity contribution in [2.24, 2.45) is 0 Å². The van der Waals surface area contributed by atoms with Crippen LogP contribution >= 0.6 is 36.6 Å². The fourth-order valence-corrected chi connectivity index (χ4v) is 3.10. The maximum absolute atomic E-state index is 13.5. The quantitative estimate of drug-likeness (QED) is 0.854. The van der Waals surface area contributed by atoms with Crippen LogP contribution in [0.4, 0.5) is 4.39 Å². The molecule has 1 atom stereocenters. The molecule has 0 N–H and O–H groups in total. The van der Waals surface area contributed by atoms with Crippen LogP contribution in [0.1, 0.15) is 17.3 Å². The van der Waals surface area contributed by atoms with Crippen LogP contribution < -0.4 is 0 Å². The summed E-state index contributed by atoms with van der Waals surface area (Å²) >= 11 is 8.56. The highest BCUT2D eigenvalue weighted by Gasteiger charge is 2.24. The number of aromatic nitrogens is 1. The normalized spacial score (nSPS) is 12.6. The fraction of sp³-hybridized carbons (Fsp3) is 0.182. The van der Waals surface area contributed by atoms with Crippen LogP contribution in [0.2, 0.25) is 0 Å². The van der Waals surface area contributed by atoms with Gasteiger partial charge in [0.25, 0.3) is 0 Å². The summed E-state index contributed by atoms with van der Waals surface area (Å²) in [7, 11) is 0. The van der Waals surface area contributed by atoms with Crippen LogP contribution in [-0.4, -0.2) is 15.2 Å². The second-order valence-electron chi connectivity index (χ2n) is 3.63. The lowest BCUT2D eigenvalue weighted by Gasteiger charge is -2.06. The number of carbonyl (C=O) groups excluding carboxylic acids is 2. The van der Waals surface area contributed by atoms with E-state index in [-0.39, 0.29) is 11.9 Å². The summed E-state index contributed by atoms with van der Waals surface area (Å²) in [5, 5.41) is -0.517. The number of nitrogens with zero attached hydrogens (tertiary/aromatic N) is 1. The van der Waals surface area contributed by atoms with Crippen molar-refractivity contribution >= 4 is 57.0 Å². The Labute approximate surface area is 117 Å². The smallest absolute Gasteiger partial charge is 0.196 e. The molecule has 0 saturated heterocycles. The summed E-state index contributed by atoms with van der Waals surface area (Å²) in [6.07, 6.45) is -0.0904. The van der Waals surface area contributed by atoms with Gasteiger partial charge in [-0.05, 0) is 12.1 Å². The molecular weight excluding hydrogens is 293 g/mol. The number of thiazole rings is 1. The van der Waals surface area contributed by atoms with Gasteiger partial charge in [-0.25, -0.2) is 9.37 Å². The maximum Gasteiger partial charge on any atom is 0.196 e. The van der Waals surface area contributed by atoms with Crippen LogP contribution in [-0.2, 0) is 9.59 Å². The van der Waals surface area contributed by atoms with Crippen LogP contribution in [0.5, 0.6) is 0 Å². The number of fused-ring (bicyclic) bond motifs is 1. The largest absolute Gasteiger partial charge is 0.287 e. The average Bonchev–Trinajstić information content (AvgIpc) is 2.70. The lowest BCUT2D eigenvalue weighted by Crippen LogP contribution is -2.09. The zero-order valence-electron chi connectivity index (χ0n) is 8.96. The number of hydrogen-bond acceptors (Lipinski definition) is 4. The molecule has 0 aliphatic carbocycles. The minimum atomic E-state index is -0.768. The number of benzene rings is 1. The Morgan fingerprint density at radius 3 is 2.67 bits per heavy atom. The van der Waals surface area contributed by atoms with E-state index in [2.05, 4.69) is 30.2 Å². The van der Waals surface area contributed by atoms with Gasteiger partial charge in [-0.15, -0.1) is 36.6 Å². The standard InChI is InChI=1S/C11H8FNO2S3/c12-6-2-1-3-7-9(6)13-10(18-7)5(11(15)17)4-8(14)16/h1-3,5H,4H2,(H,14,16)(H,15,17). The van der Waals surface area contributed by atoms with E-state index in [4.69, 9.17) is 0 Å². The number of carbonyl (C=O) groups is 2. The Kier molecular flexibility index (Phi) is 4.04. The lowest BCUT2D eigenvalue weighted by atomic mass is 10.1. The second-order valence-corrected chi connectivity index (χ2v) is 5.63. The van der Waals surface area contributed by atoms with Crippen molar-refractivity contribution in [3.63, 3.8) is 0 Å². The van der Waals surface area contributed by atoms with Gasteiger partial charge in [-0.2, -0.15) is 0 Å². The molecule has 1 unspecified atom stereocenters. The Balaban J connectivity index is 2.48. The van der Waals surface area contributed by atoms with E-state index in [0.717, 1.165) is 0 Å². The highest BCUT2D eigenvalue weighted by Crippen LogP contribution is 2.32. The molecule has 2 rings (SSSR count). The lowest BCUT2D eigenvalue weighted by molar-refractivity contribution is -0.116. The number of para-hydroxylation sites is 1. The third kappa shape index (κ3) is 2.73. The zero-order chi connectivity index (χ0) is 13.3. The minimum absolute atomic E-state index is 0.0904. The van der Waals surface area contributed by atoms with Gasteiger partial charge in [0, 0.05) is 6.42 Å². The fourth-order valence-electron chi connectivity index (χ4n) is 1.54. The van der Waals surface area contributed by atoms with Crippen molar-refractivity contribution in [2.75, 3.05) is 0 Å². The molecule has 0 saturated carbocycles. The first kappa shape index (κ1) is 13.5. The highest BCUT2D eigenvalue weighted by molar-refractivity contribution is 7.97. The maximum atomic E-state index is 13.5. The topological polar surface area (TPSA) is 47.0 Å². The third-order valence-corrected chi connectivity index (χ3v) is 3.99. The number of halogens is 1. The summed E-state index contributed by atoms with van der Waals surface area (Å²) in [4.78, 5) is 26.5. The van der Waals surface area contributed by atoms with Crippen molar-refractivity contribution in [2.45, 2.75) is 12.3 Å². The zero-order valence-corrected chi connectivity index (χ0v) is 11.6. The molecular formula is C11H8FNO2S3. The van der Waals surface area contributed by atoms with Crippen molar-refractivity contribution in [1.82, 2.24) is 4.98 Å². The monoisotopic (exact) mass is 301 g/mol. The summed E-state index contributed by atoms with van der Waals surface area (Å²) in [6, 6.07) is 4.58. The molecule has 0 aliphatic rings. The third-order valence-electron chi connectivity index (χ3n) is 2.36. The minimum Gasteiger partial charge on any atom is -0.287 e. The molecule has 0 aliphatic heterocycles. The molecule has 7 heteroatoms. The van der Waals surface area contributed by atoms with E-state index in [1.807, 2.05) is 0 Å². The van der Waals surface area contributed by atoms with Crippen LogP contribution in [0.15, 0.2) is 18.2 Å². The molecule has 0 spiro atoms. The van der Waals surface area contributed by atoms with Gasteiger partial charge in [0.05, 0.1) is 10.6 Å². The Morgan fingerprint density at radius 1 is 1.39 bits per heavy atom. The Bertz CT molecular complexity index is 626. The number of hydrogen-bond donors (Lipinski definition) is 2. The van der Waals surface area contributed by atoms with Gasteiger partial charge in [-0.3, -0.25) is 9.59 Å². The summed E-state index contributed by atoms with van der Waals surface area (Å²) < 4.78 is 14.1. The van der Waals surface area contributed by atoms with E-state index in [1.165, 1.54) is 17.4 Å². The van der Waals surface area contributed by atoms with Gasteiger partial charge in [0.15, 0.2) is 10.2 Å². The van der Waals surface area contributed by atoms with Crippen LogP contribution in [0.25, 0.3) is 10.2 Å². The molecule has 3 nitrogen and oxygen atoms in total. The first-order chi connectivity index (χ1) is 8.49. The highest BCUT2D eigenvalue weighted by atomic mass is 32.1. The average molecular weight is 301 g/mol. The molecule has 0 radical (unpaired) electrons. The van der Waals surface area contributed by atoms with Crippen molar-refractivity contribution in [1.29, 1.82) is 0 Å². The molecule has 1 aromatic heterocycles. The van der Waals surface area contributed by atoms with Gasteiger partial charge >= 0.3 is 0 Å². The molecule has 2 aromatic rings. The predicted octanol–water partition coefficient (Wildman–Crippen LogP) is 2.82. The molecule has 0 bridgehead atoms. The summed E-state index contributed by atoms with van der Waals surface area (Å²) in [5.41, 5.74) is 0.212. The van der Waals surface area contributed by atoms with Crippen molar-refractivity contribution in [3.8, 4) is 0 Å². The summed E-state index contributed by atoms with van der Waals surface area (Å²) in [5.74, 6) is -1.22. The van der Waals surface area contributed by atoms with Crippen LogP contribution in [0, 0.1) is 5.82 Å². The van der Waals surface area contributed by atoms with Gasteiger partial charge in [-0.1, -0.05) is 6.07 Å². The van der Waals surface area contributed by atoms with Gasteiger partial charge in [0.2, 0.25) is 0 Å². The first-order valence-electron chi connectivity index (χ1n) is 4.98. The van der Waals surface area contributed by atoms with Crippen molar-refractivity contribution < 1.29 is 14.0 Å². The van der Waals surface area contributed by atoms with E-state index < -0.39 is 22.0 Å². The van der Waals surface area contributed by atoms with E-state index in [1.54, 1.807) is 12.1 Å². The Morgan fingerprint density at radius 2 is 2.11 bits per heavy atom. The SMILES string of the molecule is O=C(S)CC(C(=O)S)c1nc2c(F)cccc2s1. The van der Waals surface area contributed by atoms with Crippen molar-refractivity contribution in [3.05, 3.63) is 29.0 Å². The predicted molar refractivity (Wildman–Crippen MR) is 74.9 cm³/mol. The molecule has 0 amide bonds. The van der Waals surface area contributed by atoms with Crippen LogP contribution in [0.3, 0.4) is 0 Å². The van der Waals surface area contributed by atoms with E-state index in [9.17, 15) is 14.0 Å². The number of thiol groups is 2. The molecule has 94 valence electrons. The molecule has 1 heterocycles. The Hall–Kier alpha value is -0.920. The second kappa shape index (κ2) is 5.38. The number of rotatable bonds is 4. The van der Waals surface area contributed by atoms with E-state index >= 15 is 0 Å². The summed E-state index contributed by atoms with van der Waals surface area (Å²) in [6.45, 7) is 0. The van der Waals surface area contributed by atoms with Gasteiger partial charge < -0.3 is 0 Å². The first-order valence-corrected chi connectivity index (χ1v) is 6.69. The molecule has 0 fully saturated rings. The van der Waals surface area contributed by atoms with Gasteiger partial charge in [0.1, 0.15) is 16.3 Å². The van der Waals surface area contributed by atoms with E-state index in [0.29, 0.717) is 9.71 Å². The molecule has 1 aromatic carbocycles.